The molecule has 0 aliphatic carbocycles. The smallest absolute Gasteiger partial charge is 0.286 e. The number of aryl methyl sites for hydroxylation is 1. The average molecular weight is 428 g/mol. The van der Waals surface area contributed by atoms with Crippen molar-refractivity contribution >= 4 is 15.7 Å². The highest BCUT2D eigenvalue weighted by molar-refractivity contribution is 7.90. The van der Waals surface area contributed by atoms with E-state index in [2.05, 4.69) is 5.32 Å². The first kappa shape index (κ1) is 21.6. The summed E-state index contributed by atoms with van der Waals surface area (Å²) in [5.41, 5.74) is 1.18. The number of benzene rings is 2. The Labute approximate surface area is 176 Å². The number of hydrogen-bond acceptors (Lipinski definition) is 5. The summed E-state index contributed by atoms with van der Waals surface area (Å²) in [6, 6.07) is 19.0. The van der Waals surface area contributed by atoms with Crippen LogP contribution >= 0.6 is 0 Å². The maximum absolute atomic E-state index is 12.4. The first-order valence-corrected chi connectivity index (χ1v) is 11.4. The molecule has 158 valence electrons. The summed E-state index contributed by atoms with van der Waals surface area (Å²) in [5.74, 6) is 0.511. The van der Waals surface area contributed by atoms with Crippen LogP contribution in [0.15, 0.2) is 76.0 Å². The first-order chi connectivity index (χ1) is 14.4. The van der Waals surface area contributed by atoms with Crippen LogP contribution in [0.1, 0.15) is 34.7 Å². The lowest BCUT2D eigenvalue weighted by Crippen LogP contribution is -2.24. The Kier molecular flexibility index (Phi) is 7.30. The molecule has 0 aliphatic rings. The maximum atomic E-state index is 12.4. The lowest BCUT2D eigenvalue weighted by atomic mass is 10.2. The van der Waals surface area contributed by atoms with Gasteiger partial charge in [0.15, 0.2) is 15.6 Å². The van der Waals surface area contributed by atoms with Gasteiger partial charge in [-0.1, -0.05) is 35.9 Å². The molecule has 0 radical (unpaired) electrons. The van der Waals surface area contributed by atoms with E-state index >= 15 is 0 Å². The number of unbranched alkanes of at least 4 members (excludes halogenated alkanes) is 1. The van der Waals surface area contributed by atoms with Crippen molar-refractivity contribution in [1.82, 2.24) is 5.32 Å². The molecular formula is C23H25NO5S. The third-order valence-corrected chi connectivity index (χ3v) is 6.12. The van der Waals surface area contributed by atoms with Crippen LogP contribution in [0.3, 0.4) is 0 Å². The summed E-state index contributed by atoms with van der Waals surface area (Å²) >= 11 is 0. The lowest BCUT2D eigenvalue weighted by Gasteiger charge is -2.07. The molecule has 3 aromatic rings. The summed E-state index contributed by atoms with van der Waals surface area (Å²) < 4.78 is 35.9. The fourth-order valence-electron chi connectivity index (χ4n) is 2.82. The highest BCUT2D eigenvalue weighted by atomic mass is 32.2. The summed E-state index contributed by atoms with van der Waals surface area (Å²) in [5, 5.41) is 2.78. The molecule has 0 aliphatic heterocycles. The number of carbonyl (C=O) groups excluding carboxylic acids is 1. The van der Waals surface area contributed by atoms with Crippen LogP contribution in [0, 0.1) is 6.92 Å². The van der Waals surface area contributed by atoms with Crippen molar-refractivity contribution in [3.05, 3.63) is 83.8 Å². The Hall–Kier alpha value is -3.06. The van der Waals surface area contributed by atoms with E-state index in [1.165, 1.54) is 29.8 Å². The van der Waals surface area contributed by atoms with Crippen LogP contribution in [-0.2, 0) is 15.6 Å². The Morgan fingerprint density at radius 3 is 2.43 bits per heavy atom. The molecule has 1 heterocycles. The van der Waals surface area contributed by atoms with E-state index < -0.39 is 9.84 Å². The largest absolute Gasteiger partial charge is 0.494 e. The van der Waals surface area contributed by atoms with Crippen LogP contribution in [0.2, 0.25) is 0 Å². The molecule has 1 N–H and O–H groups in total. The van der Waals surface area contributed by atoms with Gasteiger partial charge in [0.2, 0.25) is 0 Å². The second-order valence-electron chi connectivity index (χ2n) is 6.96. The second-order valence-corrected chi connectivity index (χ2v) is 8.95. The molecule has 1 amide bonds. The number of sulfone groups is 1. The van der Waals surface area contributed by atoms with Crippen LogP contribution in [0.4, 0.5) is 0 Å². The molecule has 0 unspecified atom stereocenters. The van der Waals surface area contributed by atoms with Crippen molar-refractivity contribution in [2.24, 2.45) is 0 Å². The maximum Gasteiger partial charge on any atom is 0.286 e. The van der Waals surface area contributed by atoms with Crippen molar-refractivity contribution in [3.8, 4) is 5.75 Å². The fourth-order valence-corrected chi connectivity index (χ4v) is 4.08. The SMILES string of the molecule is Cc1ccc(OCCCCNC(=O)c2ccc(CS(=O)(=O)c3ccccc3)o2)cc1. The van der Waals surface area contributed by atoms with Crippen LogP contribution in [0.5, 0.6) is 5.75 Å². The van der Waals surface area contributed by atoms with Gasteiger partial charge in [-0.25, -0.2) is 8.42 Å². The Balaban J connectivity index is 1.40. The first-order valence-electron chi connectivity index (χ1n) is 9.78. The van der Waals surface area contributed by atoms with Gasteiger partial charge in [0, 0.05) is 6.54 Å². The average Bonchev–Trinajstić information content (AvgIpc) is 3.20. The summed E-state index contributed by atoms with van der Waals surface area (Å²) in [4.78, 5) is 12.4. The minimum Gasteiger partial charge on any atom is -0.494 e. The zero-order chi connectivity index (χ0) is 21.4. The summed E-state index contributed by atoms with van der Waals surface area (Å²) in [6.45, 7) is 3.08. The van der Waals surface area contributed by atoms with Gasteiger partial charge >= 0.3 is 0 Å². The predicted molar refractivity (Wildman–Crippen MR) is 114 cm³/mol. The molecule has 7 heteroatoms. The number of ether oxygens (including phenoxy) is 1. The molecule has 0 bridgehead atoms. The van der Waals surface area contributed by atoms with Gasteiger partial charge in [-0.3, -0.25) is 4.79 Å². The fraction of sp³-hybridized carbons (Fsp3) is 0.261. The van der Waals surface area contributed by atoms with E-state index in [-0.39, 0.29) is 28.1 Å². The van der Waals surface area contributed by atoms with E-state index in [4.69, 9.17) is 9.15 Å². The van der Waals surface area contributed by atoms with Gasteiger partial charge in [-0.2, -0.15) is 0 Å². The van der Waals surface area contributed by atoms with Crippen LogP contribution in [-0.4, -0.2) is 27.5 Å². The molecule has 0 saturated heterocycles. The Morgan fingerprint density at radius 2 is 1.70 bits per heavy atom. The minimum absolute atomic E-state index is 0.101. The quantitative estimate of drug-likeness (QED) is 0.491. The van der Waals surface area contributed by atoms with E-state index in [0.29, 0.717) is 13.2 Å². The van der Waals surface area contributed by atoms with Gasteiger partial charge in [-0.05, 0) is 56.2 Å². The minimum atomic E-state index is -3.52. The number of nitrogens with one attached hydrogen (secondary N) is 1. The number of amides is 1. The van der Waals surface area contributed by atoms with Crippen molar-refractivity contribution in [2.75, 3.05) is 13.2 Å². The zero-order valence-corrected chi connectivity index (χ0v) is 17.7. The van der Waals surface area contributed by atoms with Crippen molar-refractivity contribution < 1.29 is 22.4 Å². The van der Waals surface area contributed by atoms with Gasteiger partial charge in [0.05, 0.1) is 11.5 Å². The summed E-state index contributed by atoms with van der Waals surface area (Å²) in [7, 11) is -3.52. The van der Waals surface area contributed by atoms with E-state index in [9.17, 15) is 13.2 Å². The standard InChI is InChI=1S/C23H25NO5S/c1-18-9-11-19(12-10-18)28-16-6-5-15-24-23(25)22-14-13-20(29-22)17-30(26,27)21-7-3-2-4-8-21/h2-4,7-14H,5-6,15-17H2,1H3,(H,24,25). The van der Waals surface area contributed by atoms with Gasteiger partial charge in [-0.15, -0.1) is 0 Å². The van der Waals surface area contributed by atoms with Crippen molar-refractivity contribution in [1.29, 1.82) is 0 Å². The lowest BCUT2D eigenvalue weighted by molar-refractivity contribution is 0.0923. The van der Waals surface area contributed by atoms with Gasteiger partial charge < -0.3 is 14.5 Å². The number of hydrogen-bond donors (Lipinski definition) is 1. The van der Waals surface area contributed by atoms with E-state index in [1.807, 2.05) is 31.2 Å². The molecule has 6 nitrogen and oxygen atoms in total. The molecule has 0 spiro atoms. The molecule has 3 rings (SSSR count). The van der Waals surface area contributed by atoms with Crippen molar-refractivity contribution in [2.45, 2.75) is 30.4 Å². The van der Waals surface area contributed by atoms with Gasteiger partial charge in [0.25, 0.3) is 5.91 Å². The van der Waals surface area contributed by atoms with E-state index in [1.54, 1.807) is 18.2 Å². The van der Waals surface area contributed by atoms with Crippen LogP contribution < -0.4 is 10.1 Å². The molecule has 1 aromatic heterocycles. The number of furan rings is 1. The molecular weight excluding hydrogens is 402 g/mol. The molecule has 0 saturated carbocycles. The third kappa shape index (κ3) is 6.22. The Bertz CT molecular complexity index is 1060. The highest BCUT2D eigenvalue weighted by Crippen LogP contribution is 2.18. The summed E-state index contributed by atoms with van der Waals surface area (Å²) in [6.07, 6.45) is 1.56. The number of rotatable bonds is 10. The van der Waals surface area contributed by atoms with E-state index in [0.717, 1.165) is 18.6 Å². The zero-order valence-electron chi connectivity index (χ0n) is 16.8. The van der Waals surface area contributed by atoms with Crippen LogP contribution in [0.25, 0.3) is 0 Å². The molecule has 2 aromatic carbocycles. The van der Waals surface area contributed by atoms with Crippen molar-refractivity contribution in [3.63, 3.8) is 0 Å². The molecule has 0 fully saturated rings. The Morgan fingerprint density at radius 1 is 0.967 bits per heavy atom. The molecule has 30 heavy (non-hydrogen) atoms. The third-order valence-electron chi connectivity index (χ3n) is 4.47. The molecule has 0 atom stereocenters. The van der Waals surface area contributed by atoms with Gasteiger partial charge in [0.1, 0.15) is 17.3 Å². The topological polar surface area (TPSA) is 85.6 Å². The monoisotopic (exact) mass is 427 g/mol. The number of carbonyl (C=O) groups is 1. The normalized spacial score (nSPS) is 11.2. The highest BCUT2D eigenvalue weighted by Gasteiger charge is 2.19. The predicted octanol–water partition coefficient (Wildman–Crippen LogP) is 4.15. The second kappa shape index (κ2) is 10.1.